The summed E-state index contributed by atoms with van der Waals surface area (Å²) in [5.41, 5.74) is 0.484. The van der Waals surface area contributed by atoms with Gasteiger partial charge in [0.15, 0.2) is 0 Å². The third kappa shape index (κ3) is 4.65. The van der Waals surface area contributed by atoms with Crippen molar-refractivity contribution < 1.29 is 0 Å². The van der Waals surface area contributed by atoms with E-state index in [4.69, 9.17) is 0 Å². The zero-order chi connectivity index (χ0) is 10.3. The topological polar surface area (TPSA) is 3.24 Å². The first-order chi connectivity index (χ1) is 6.13. The van der Waals surface area contributed by atoms with Crippen LogP contribution in [0.1, 0.15) is 59.3 Å². The first-order valence-electron chi connectivity index (χ1n) is 5.80. The van der Waals surface area contributed by atoms with Crippen LogP contribution >= 0.6 is 12.4 Å². The molecule has 0 spiro atoms. The maximum atomic E-state index is 2.45. The molecule has 88 valence electrons. The Morgan fingerprint density at radius 1 is 0.786 bits per heavy atom. The van der Waals surface area contributed by atoms with E-state index >= 15 is 0 Å². The molecule has 2 heteroatoms. The molecule has 0 aliphatic heterocycles. The van der Waals surface area contributed by atoms with Gasteiger partial charge in [0.25, 0.3) is 0 Å². The van der Waals surface area contributed by atoms with Gasteiger partial charge in [0.2, 0.25) is 0 Å². The number of hydrogen-bond acceptors (Lipinski definition) is 1. The molecule has 0 atom stereocenters. The van der Waals surface area contributed by atoms with E-state index in [1.54, 1.807) is 0 Å². The molecule has 0 aromatic rings. The van der Waals surface area contributed by atoms with Crippen LogP contribution in [0, 0.1) is 0 Å². The van der Waals surface area contributed by atoms with Gasteiger partial charge in [-0.25, -0.2) is 0 Å². The number of nitrogens with zero attached hydrogens (tertiary/aromatic N) is 1. The zero-order valence-corrected chi connectivity index (χ0v) is 11.4. The molecule has 0 saturated heterocycles. The van der Waals surface area contributed by atoms with Gasteiger partial charge in [-0.15, -0.1) is 12.4 Å². The Kier molecular flexibility index (Phi) is 10.2. The highest BCUT2D eigenvalue weighted by molar-refractivity contribution is 5.85. The predicted octanol–water partition coefficient (Wildman–Crippen LogP) is 4.11. The van der Waals surface area contributed by atoms with Gasteiger partial charge in [0, 0.05) is 5.54 Å². The summed E-state index contributed by atoms with van der Waals surface area (Å²) in [5, 5.41) is 0. The molecule has 1 nitrogen and oxygen atoms in total. The fourth-order valence-corrected chi connectivity index (χ4v) is 2.44. The molecular weight excluding hydrogens is 194 g/mol. The number of halogens is 1. The van der Waals surface area contributed by atoms with Crippen molar-refractivity contribution in [2.75, 3.05) is 14.1 Å². The van der Waals surface area contributed by atoms with Crippen LogP contribution < -0.4 is 0 Å². The fraction of sp³-hybridized carbons (Fsp3) is 1.00. The van der Waals surface area contributed by atoms with E-state index in [9.17, 15) is 0 Å². The normalized spacial score (nSPS) is 11.6. The molecule has 0 rings (SSSR count). The van der Waals surface area contributed by atoms with Crippen molar-refractivity contribution in [2.24, 2.45) is 0 Å². The molecule has 0 aliphatic rings. The summed E-state index contributed by atoms with van der Waals surface area (Å²) in [6, 6.07) is 0. The summed E-state index contributed by atoms with van der Waals surface area (Å²) in [7, 11) is 4.47. The Labute approximate surface area is 96.7 Å². The minimum absolute atomic E-state index is 0. The predicted molar refractivity (Wildman–Crippen MR) is 68.4 cm³/mol. The van der Waals surface area contributed by atoms with Crippen LogP contribution in [-0.2, 0) is 0 Å². The summed E-state index contributed by atoms with van der Waals surface area (Å²) < 4.78 is 0. The van der Waals surface area contributed by atoms with E-state index in [2.05, 4.69) is 39.8 Å². The van der Waals surface area contributed by atoms with Crippen molar-refractivity contribution in [3.8, 4) is 0 Å². The molecule has 0 unspecified atom stereocenters. The van der Waals surface area contributed by atoms with Crippen molar-refractivity contribution in [2.45, 2.75) is 64.8 Å². The SMILES string of the molecule is CCCC(CCC)(CCC)N(C)C.Cl. The second-order valence-corrected chi connectivity index (χ2v) is 4.37. The molecular formula is C12H28ClN. The van der Waals surface area contributed by atoms with E-state index in [0.717, 1.165) is 0 Å². The second-order valence-electron chi connectivity index (χ2n) is 4.37. The van der Waals surface area contributed by atoms with Crippen molar-refractivity contribution in [1.29, 1.82) is 0 Å². The third-order valence-corrected chi connectivity index (χ3v) is 3.09. The lowest BCUT2D eigenvalue weighted by atomic mass is 9.83. The van der Waals surface area contributed by atoms with Crippen LogP contribution in [0.2, 0.25) is 0 Å². The summed E-state index contributed by atoms with van der Waals surface area (Å²) >= 11 is 0. The number of rotatable bonds is 7. The van der Waals surface area contributed by atoms with Gasteiger partial charge in [-0.3, -0.25) is 0 Å². The Bertz CT molecular complexity index is 106. The van der Waals surface area contributed by atoms with Gasteiger partial charge in [-0.2, -0.15) is 0 Å². The first-order valence-corrected chi connectivity index (χ1v) is 5.80. The summed E-state index contributed by atoms with van der Waals surface area (Å²) in [5.74, 6) is 0. The van der Waals surface area contributed by atoms with E-state index in [-0.39, 0.29) is 12.4 Å². The van der Waals surface area contributed by atoms with Gasteiger partial charge < -0.3 is 4.90 Å². The molecule has 0 aliphatic carbocycles. The van der Waals surface area contributed by atoms with Gasteiger partial charge in [0.1, 0.15) is 0 Å². The van der Waals surface area contributed by atoms with Crippen LogP contribution in [0.3, 0.4) is 0 Å². The van der Waals surface area contributed by atoms with Crippen molar-refractivity contribution in [3.05, 3.63) is 0 Å². The largest absolute Gasteiger partial charge is 0.304 e. The molecule has 0 saturated carbocycles. The molecule has 0 heterocycles. The summed E-state index contributed by atoms with van der Waals surface area (Å²) in [6.45, 7) is 6.89. The van der Waals surface area contributed by atoms with Crippen LogP contribution in [0.15, 0.2) is 0 Å². The lowest BCUT2D eigenvalue weighted by molar-refractivity contribution is 0.112. The minimum atomic E-state index is 0. The van der Waals surface area contributed by atoms with Crippen LogP contribution in [-0.4, -0.2) is 24.5 Å². The molecule has 14 heavy (non-hydrogen) atoms. The molecule has 0 aromatic heterocycles. The van der Waals surface area contributed by atoms with Crippen molar-refractivity contribution in [1.82, 2.24) is 4.90 Å². The molecule has 0 fully saturated rings. The van der Waals surface area contributed by atoms with Gasteiger partial charge >= 0.3 is 0 Å². The quantitative estimate of drug-likeness (QED) is 0.626. The van der Waals surface area contributed by atoms with Crippen LogP contribution in [0.4, 0.5) is 0 Å². The third-order valence-electron chi connectivity index (χ3n) is 3.09. The molecule has 0 bridgehead atoms. The molecule has 0 aromatic carbocycles. The Hall–Kier alpha value is 0.250. The summed E-state index contributed by atoms with van der Waals surface area (Å²) in [4.78, 5) is 2.45. The highest BCUT2D eigenvalue weighted by atomic mass is 35.5. The monoisotopic (exact) mass is 221 g/mol. The Balaban J connectivity index is 0. The Morgan fingerprint density at radius 2 is 1.07 bits per heavy atom. The standard InChI is InChI=1S/C12H27N.ClH/c1-6-9-12(10-7-2,11-8-3)13(4)5;/h6-11H2,1-5H3;1H. The average Bonchev–Trinajstić information content (AvgIpc) is 2.05. The lowest BCUT2D eigenvalue weighted by Crippen LogP contribution is -2.43. The lowest BCUT2D eigenvalue weighted by Gasteiger charge is -2.40. The summed E-state index contributed by atoms with van der Waals surface area (Å²) in [6.07, 6.45) is 7.96. The van der Waals surface area contributed by atoms with Crippen molar-refractivity contribution >= 4 is 12.4 Å². The smallest absolute Gasteiger partial charge is 0.0203 e. The van der Waals surface area contributed by atoms with Gasteiger partial charge in [-0.1, -0.05) is 40.0 Å². The zero-order valence-electron chi connectivity index (χ0n) is 10.6. The van der Waals surface area contributed by atoms with E-state index in [1.807, 2.05) is 0 Å². The maximum Gasteiger partial charge on any atom is 0.0203 e. The van der Waals surface area contributed by atoms with Crippen molar-refractivity contribution in [3.63, 3.8) is 0 Å². The first kappa shape index (κ1) is 16.7. The average molecular weight is 222 g/mol. The molecule has 0 amide bonds. The van der Waals surface area contributed by atoms with E-state index in [1.165, 1.54) is 38.5 Å². The van der Waals surface area contributed by atoms with Gasteiger partial charge in [0.05, 0.1) is 0 Å². The molecule has 0 radical (unpaired) electrons. The van der Waals surface area contributed by atoms with Crippen LogP contribution in [0.5, 0.6) is 0 Å². The fourth-order valence-electron chi connectivity index (χ4n) is 2.44. The maximum absolute atomic E-state index is 2.45. The molecule has 0 N–H and O–H groups in total. The van der Waals surface area contributed by atoms with Gasteiger partial charge in [-0.05, 0) is 33.4 Å². The highest BCUT2D eigenvalue weighted by Crippen LogP contribution is 2.29. The van der Waals surface area contributed by atoms with E-state index < -0.39 is 0 Å². The Morgan fingerprint density at radius 3 is 1.21 bits per heavy atom. The minimum Gasteiger partial charge on any atom is -0.304 e. The second kappa shape index (κ2) is 8.55. The number of hydrogen-bond donors (Lipinski definition) is 0. The van der Waals surface area contributed by atoms with E-state index in [0.29, 0.717) is 5.54 Å². The van der Waals surface area contributed by atoms with Crippen LogP contribution in [0.25, 0.3) is 0 Å². The highest BCUT2D eigenvalue weighted by Gasteiger charge is 2.29.